The Labute approximate surface area is 181 Å². The number of benzene rings is 2. The van der Waals surface area contributed by atoms with Crippen molar-refractivity contribution in [2.45, 2.75) is 32.2 Å². The zero-order valence-electron chi connectivity index (χ0n) is 17.0. The van der Waals surface area contributed by atoms with Gasteiger partial charge in [0.25, 0.3) is 5.91 Å². The third kappa shape index (κ3) is 4.28. The Kier molecular flexibility index (Phi) is 6.23. The van der Waals surface area contributed by atoms with Gasteiger partial charge in [-0.25, -0.2) is 4.98 Å². The fourth-order valence-electron chi connectivity index (χ4n) is 3.89. The Morgan fingerprint density at radius 2 is 1.93 bits per heavy atom. The average Bonchev–Trinajstić information content (AvgIpc) is 3.33. The maximum atomic E-state index is 13.1. The highest BCUT2D eigenvalue weighted by molar-refractivity contribution is 7.07. The van der Waals surface area contributed by atoms with Crippen LogP contribution in [0.3, 0.4) is 0 Å². The third-order valence-corrected chi connectivity index (χ3v) is 6.10. The van der Waals surface area contributed by atoms with Crippen LogP contribution in [-0.4, -0.2) is 40.8 Å². The van der Waals surface area contributed by atoms with Gasteiger partial charge < -0.3 is 9.80 Å². The minimum Gasteiger partial charge on any atom is -0.323 e. The summed E-state index contributed by atoms with van der Waals surface area (Å²) < 4.78 is 0. The molecule has 3 aromatic rings. The van der Waals surface area contributed by atoms with Gasteiger partial charge in [-0.1, -0.05) is 62.2 Å². The number of hydrogen-bond acceptors (Lipinski definition) is 4. The van der Waals surface area contributed by atoms with Crippen molar-refractivity contribution in [3.05, 3.63) is 71.2 Å². The summed E-state index contributed by atoms with van der Waals surface area (Å²) in [5.41, 5.74) is 5.15. The van der Waals surface area contributed by atoms with Crippen LogP contribution >= 0.6 is 11.3 Å². The molecule has 154 valence electrons. The van der Waals surface area contributed by atoms with Gasteiger partial charge in [-0.2, -0.15) is 0 Å². The number of carbonyl (C=O) groups excluding carboxylic acids is 2. The van der Waals surface area contributed by atoms with Gasteiger partial charge in [-0.3, -0.25) is 9.59 Å². The van der Waals surface area contributed by atoms with E-state index in [1.54, 1.807) is 15.8 Å². The zero-order valence-corrected chi connectivity index (χ0v) is 17.8. The van der Waals surface area contributed by atoms with Crippen LogP contribution in [0.15, 0.2) is 65.5 Å². The molecule has 1 aliphatic heterocycles. The van der Waals surface area contributed by atoms with Crippen LogP contribution < -0.4 is 4.90 Å². The average molecular weight is 420 g/mol. The Morgan fingerprint density at radius 3 is 2.67 bits per heavy atom. The first-order valence-electron chi connectivity index (χ1n) is 10.3. The van der Waals surface area contributed by atoms with Crippen LogP contribution in [-0.2, 0) is 4.79 Å². The molecule has 30 heavy (non-hydrogen) atoms. The van der Waals surface area contributed by atoms with Crippen LogP contribution in [0.1, 0.15) is 36.7 Å². The molecule has 0 aliphatic carbocycles. The molecule has 0 bridgehead atoms. The lowest BCUT2D eigenvalue weighted by atomic mass is 10.0. The van der Waals surface area contributed by atoms with E-state index in [1.807, 2.05) is 35.2 Å². The first-order chi connectivity index (χ1) is 14.7. The molecule has 0 radical (unpaired) electrons. The molecule has 1 aliphatic rings. The molecule has 0 N–H and O–H groups in total. The number of amides is 2. The van der Waals surface area contributed by atoms with Crippen molar-refractivity contribution in [3.8, 4) is 11.1 Å². The van der Waals surface area contributed by atoms with E-state index in [-0.39, 0.29) is 24.4 Å². The van der Waals surface area contributed by atoms with E-state index >= 15 is 0 Å². The standard InChI is InChI=1S/C24H25N3O2S/c1-2-3-11-21-14-26(23(28)15-27(21)24(29)22-16-30-17-25-22)20-12-7-10-19(13-20)18-8-5-4-6-9-18/h4-10,12-13,16-17,21H,2-3,11,14-15H2,1H3/t21-/m0/s1. The number of nitrogens with zero attached hydrogens (tertiary/aromatic N) is 3. The number of hydrogen-bond donors (Lipinski definition) is 0. The maximum absolute atomic E-state index is 13.1. The van der Waals surface area contributed by atoms with Gasteiger partial charge in [-0.05, 0) is 29.7 Å². The topological polar surface area (TPSA) is 53.5 Å². The van der Waals surface area contributed by atoms with E-state index in [9.17, 15) is 9.59 Å². The van der Waals surface area contributed by atoms with Gasteiger partial charge in [0.15, 0.2) is 0 Å². The molecule has 0 spiro atoms. The van der Waals surface area contributed by atoms with Crippen molar-refractivity contribution >= 4 is 28.8 Å². The van der Waals surface area contributed by atoms with Crippen molar-refractivity contribution in [1.82, 2.24) is 9.88 Å². The normalized spacial score (nSPS) is 16.7. The van der Waals surface area contributed by atoms with Crippen LogP contribution in [0.25, 0.3) is 11.1 Å². The number of anilines is 1. The van der Waals surface area contributed by atoms with Crippen LogP contribution in [0, 0.1) is 0 Å². The fourth-order valence-corrected chi connectivity index (χ4v) is 4.42. The largest absolute Gasteiger partial charge is 0.323 e. The number of rotatable bonds is 6. The lowest BCUT2D eigenvalue weighted by Crippen LogP contribution is -2.58. The molecule has 0 unspecified atom stereocenters. The first kappa shape index (κ1) is 20.3. The monoisotopic (exact) mass is 419 g/mol. The van der Waals surface area contributed by atoms with Crippen LogP contribution in [0.5, 0.6) is 0 Å². The SMILES string of the molecule is CCCC[C@H]1CN(c2cccc(-c3ccccc3)c2)C(=O)CN1C(=O)c1cscn1. The highest BCUT2D eigenvalue weighted by atomic mass is 32.1. The van der Waals surface area contributed by atoms with Gasteiger partial charge >= 0.3 is 0 Å². The maximum Gasteiger partial charge on any atom is 0.274 e. The minimum absolute atomic E-state index is 0.0165. The summed E-state index contributed by atoms with van der Waals surface area (Å²) in [6.45, 7) is 2.73. The highest BCUT2D eigenvalue weighted by Crippen LogP contribution is 2.28. The molecule has 5 nitrogen and oxygen atoms in total. The van der Waals surface area contributed by atoms with Crippen molar-refractivity contribution in [2.24, 2.45) is 0 Å². The summed E-state index contributed by atoms with van der Waals surface area (Å²) in [5.74, 6) is -0.208. The Hall–Kier alpha value is -2.99. The molecule has 1 saturated heterocycles. The summed E-state index contributed by atoms with van der Waals surface area (Å²) in [5, 5.41) is 1.75. The number of thiazole rings is 1. The van der Waals surface area contributed by atoms with Gasteiger partial charge in [0, 0.05) is 17.6 Å². The lowest BCUT2D eigenvalue weighted by molar-refractivity contribution is -0.121. The molecular weight excluding hydrogens is 394 g/mol. The second-order valence-electron chi connectivity index (χ2n) is 7.52. The summed E-state index contributed by atoms with van der Waals surface area (Å²) >= 11 is 1.39. The summed E-state index contributed by atoms with van der Waals surface area (Å²) in [6.07, 6.45) is 2.93. The van der Waals surface area contributed by atoms with Gasteiger partial charge in [0.2, 0.25) is 5.91 Å². The molecule has 6 heteroatoms. The van der Waals surface area contributed by atoms with Crippen molar-refractivity contribution < 1.29 is 9.59 Å². The minimum atomic E-state index is -0.150. The predicted octanol–water partition coefficient (Wildman–Crippen LogP) is 4.86. The zero-order chi connectivity index (χ0) is 20.9. The Balaban J connectivity index is 1.60. The van der Waals surface area contributed by atoms with Crippen molar-refractivity contribution in [3.63, 3.8) is 0 Å². The smallest absolute Gasteiger partial charge is 0.274 e. The number of carbonyl (C=O) groups is 2. The van der Waals surface area contributed by atoms with E-state index < -0.39 is 0 Å². The third-order valence-electron chi connectivity index (χ3n) is 5.51. The molecule has 1 atom stereocenters. The number of aromatic nitrogens is 1. The van der Waals surface area contributed by atoms with E-state index in [2.05, 4.69) is 36.2 Å². The van der Waals surface area contributed by atoms with E-state index in [0.717, 1.165) is 36.1 Å². The molecular formula is C24H25N3O2S. The van der Waals surface area contributed by atoms with Crippen molar-refractivity contribution in [1.29, 1.82) is 0 Å². The van der Waals surface area contributed by atoms with Gasteiger partial charge in [0.05, 0.1) is 11.6 Å². The molecule has 1 aromatic heterocycles. The summed E-state index contributed by atoms with van der Waals surface area (Å²) in [4.78, 5) is 33.7. The van der Waals surface area contributed by atoms with E-state index in [1.165, 1.54) is 11.3 Å². The highest BCUT2D eigenvalue weighted by Gasteiger charge is 2.36. The lowest BCUT2D eigenvalue weighted by Gasteiger charge is -2.41. The second-order valence-corrected chi connectivity index (χ2v) is 8.24. The fraction of sp³-hybridized carbons (Fsp3) is 0.292. The Bertz CT molecular complexity index is 1000. The molecule has 2 heterocycles. The quantitative estimate of drug-likeness (QED) is 0.573. The molecule has 2 amide bonds. The molecule has 2 aromatic carbocycles. The van der Waals surface area contributed by atoms with Crippen LogP contribution in [0.2, 0.25) is 0 Å². The van der Waals surface area contributed by atoms with Gasteiger partial charge in [0.1, 0.15) is 12.2 Å². The number of unbranched alkanes of at least 4 members (excludes halogenated alkanes) is 1. The molecule has 0 saturated carbocycles. The summed E-state index contributed by atoms with van der Waals surface area (Å²) in [6, 6.07) is 18.2. The summed E-state index contributed by atoms with van der Waals surface area (Å²) in [7, 11) is 0. The van der Waals surface area contributed by atoms with Crippen molar-refractivity contribution in [2.75, 3.05) is 18.0 Å². The number of piperazine rings is 1. The van der Waals surface area contributed by atoms with E-state index in [4.69, 9.17) is 0 Å². The first-order valence-corrected chi connectivity index (χ1v) is 11.3. The molecule has 1 fully saturated rings. The predicted molar refractivity (Wildman–Crippen MR) is 121 cm³/mol. The Morgan fingerprint density at radius 1 is 1.13 bits per heavy atom. The van der Waals surface area contributed by atoms with E-state index in [0.29, 0.717) is 12.2 Å². The van der Waals surface area contributed by atoms with Gasteiger partial charge in [-0.15, -0.1) is 11.3 Å². The molecule has 4 rings (SSSR count). The van der Waals surface area contributed by atoms with Crippen LogP contribution in [0.4, 0.5) is 5.69 Å². The second kappa shape index (κ2) is 9.22.